The number of esters is 1. The molecule has 0 heterocycles. The molecule has 0 aliphatic rings. The molecule has 0 aromatic carbocycles. The number of carbonyl (C=O) groups excluding carboxylic acids is 1. The van der Waals surface area contributed by atoms with Gasteiger partial charge < -0.3 is 10.1 Å². The van der Waals surface area contributed by atoms with Crippen molar-refractivity contribution in [2.24, 2.45) is 0 Å². The summed E-state index contributed by atoms with van der Waals surface area (Å²) in [6.07, 6.45) is 9.17. The zero-order chi connectivity index (χ0) is 13.8. The lowest BCUT2D eigenvalue weighted by atomic mass is 10.1. The van der Waals surface area contributed by atoms with E-state index in [9.17, 15) is 4.79 Å². The summed E-state index contributed by atoms with van der Waals surface area (Å²) < 4.78 is 5.04. The third-order valence-corrected chi connectivity index (χ3v) is 2.62. The second-order valence-electron chi connectivity index (χ2n) is 5.01. The van der Waals surface area contributed by atoms with Gasteiger partial charge in [0.2, 0.25) is 0 Å². The van der Waals surface area contributed by atoms with E-state index in [-0.39, 0.29) is 12.1 Å². The number of ether oxygens (including phenoxy) is 1. The second-order valence-corrected chi connectivity index (χ2v) is 5.01. The van der Waals surface area contributed by atoms with Crippen molar-refractivity contribution in [2.75, 3.05) is 6.54 Å². The van der Waals surface area contributed by atoms with Crippen LogP contribution in [0, 0.1) is 0 Å². The summed E-state index contributed by atoms with van der Waals surface area (Å²) in [5.41, 5.74) is 0.884. The first-order valence-electron chi connectivity index (χ1n) is 7.19. The van der Waals surface area contributed by atoms with Crippen molar-refractivity contribution < 1.29 is 9.53 Å². The Morgan fingerprint density at radius 2 is 1.78 bits per heavy atom. The van der Waals surface area contributed by atoms with Gasteiger partial charge in [-0.25, -0.2) is 4.79 Å². The van der Waals surface area contributed by atoms with Crippen LogP contribution in [-0.4, -0.2) is 18.6 Å². The fraction of sp³-hybridized carbons (Fsp3) is 0.800. The van der Waals surface area contributed by atoms with Crippen LogP contribution in [0.1, 0.15) is 66.2 Å². The van der Waals surface area contributed by atoms with E-state index in [1.165, 1.54) is 38.2 Å². The Balaban J connectivity index is 3.54. The van der Waals surface area contributed by atoms with Crippen LogP contribution in [0.4, 0.5) is 0 Å². The maximum absolute atomic E-state index is 11.3. The van der Waals surface area contributed by atoms with Gasteiger partial charge in [0, 0.05) is 18.3 Å². The zero-order valence-corrected chi connectivity index (χ0v) is 12.4. The van der Waals surface area contributed by atoms with E-state index in [0.717, 1.165) is 18.7 Å². The molecule has 0 fully saturated rings. The molecule has 3 heteroatoms. The third kappa shape index (κ3) is 11.5. The number of allylic oxidation sites excluding steroid dienone is 1. The molecule has 0 aromatic rings. The van der Waals surface area contributed by atoms with E-state index in [4.69, 9.17) is 4.74 Å². The first kappa shape index (κ1) is 17.0. The average Bonchev–Trinajstić information content (AvgIpc) is 2.26. The number of nitrogens with one attached hydrogen (secondary N) is 1. The Labute approximate surface area is 112 Å². The largest absolute Gasteiger partial charge is 0.460 e. The van der Waals surface area contributed by atoms with Gasteiger partial charge in [-0.05, 0) is 27.2 Å². The molecule has 18 heavy (non-hydrogen) atoms. The van der Waals surface area contributed by atoms with E-state index in [0.29, 0.717) is 0 Å². The molecule has 0 rings (SSSR count). The van der Waals surface area contributed by atoms with Crippen LogP contribution in [-0.2, 0) is 9.53 Å². The molecule has 0 atom stereocenters. The van der Waals surface area contributed by atoms with E-state index in [1.807, 2.05) is 20.8 Å². The predicted octanol–water partition coefficient (Wildman–Crippen LogP) is 3.79. The van der Waals surface area contributed by atoms with Crippen LogP contribution in [0.5, 0.6) is 0 Å². The molecule has 106 valence electrons. The standard InChI is InChI=1S/C15H29NO2/c1-5-6-7-8-9-10-11-16-14(4)12-15(17)18-13(2)3/h12-13,16H,5-11H2,1-4H3/b14-12-. The molecule has 0 unspecified atom stereocenters. The normalized spacial score (nSPS) is 11.7. The Morgan fingerprint density at radius 1 is 1.17 bits per heavy atom. The Morgan fingerprint density at radius 3 is 2.39 bits per heavy atom. The van der Waals surface area contributed by atoms with Crippen molar-refractivity contribution in [3.05, 3.63) is 11.8 Å². The molecule has 0 saturated carbocycles. The van der Waals surface area contributed by atoms with Crippen molar-refractivity contribution in [3.8, 4) is 0 Å². The van der Waals surface area contributed by atoms with Crippen LogP contribution in [0.15, 0.2) is 11.8 Å². The van der Waals surface area contributed by atoms with Gasteiger partial charge in [-0.2, -0.15) is 0 Å². The monoisotopic (exact) mass is 255 g/mol. The fourth-order valence-corrected chi connectivity index (χ4v) is 1.69. The highest BCUT2D eigenvalue weighted by atomic mass is 16.5. The molecule has 0 bridgehead atoms. The molecule has 0 aliphatic heterocycles. The lowest BCUT2D eigenvalue weighted by molar-refractivity contribution is -0.141. The molecular formula is C15H29NO2. The van der Waals surface area contributed by atoms with Gasteiger partial charge >= 0.3 is 5.97 Å². The first-order valence-corrected chi connectivity index (χ1v) is 7.19. The summed E-state index contributed by atoms with van der Waals surface area (Å²) in [6.45, 7) is 8.77. The highest BCUT2D eigenvalue weighted by molar-refractivity contribution is 5.82. The van der Waals surface area contributed by atoms with Crippen LogP contribution >= 0.6 is 0 Å². The highest BCUT2D eigenvalue weighted by Gasteiger charge is 2.01. The molecule has 0 saturated heterocycles. The van der Waals surface area contributed by atoms with Gasteiger partial charge in [-0.1, -0.05) is 39.0 Å². The van der Waals surface area contributed by atoms with E-state index in [2.05, 4.69) is 12.2 Å². The average molecular weight is 255 g/mol. The van der Waals surface area contributed by atoms with E-state index >= 15 is 0 Å². The fourth-order valence-electron chi connectivity index (χ4n) is 1.69. The van der Waals surface area contributed by atoms with Crippen LogP contribution in [0.3, 0.4) is 0 Å². The summed E-state index contributed by atoms with van der Waals surface area (Å²) in [7, 11) is 0. The second kappa shape index (κ2) is 11.1. The molecule has 0 radical (unpaired) electrons. The predicted molar refractivity (Wildman–Crippen MR) is 76.4 cm³/mol. The van der Waals surface area contributed by atoms with Gasteiger partial charge in [0.05, 0.1) is 6.10 Å². The molecule has 0 spiro atoms. The van der Waals surface area contributed by atoms with Gasteiger partial charge in [0.25, 0.3) is 0 Å². The summed E-state index contributed by atoms with van der Waals surface area (Å²) in [4.78, 5) is 11.3. The lowest BCUT2D eigenvalue weighted by Crippen LogP contribution is -2.16. The molecule has 1 N–H and O–H groups in total. The maximum atomic E-state index is 11.3. The van der Waals surface area contributed by atoms with E-state index < -0.39 is 0 Å². The molecular weight excluding hydrogens is 226 g/mol. The molecule has 0 amide bonds. The topological polar surface area (TPSA) is 38.3 Å². The Kier molecular flexibility index (Phi) is 10.5. The minimum atomic E-state index is -0.266. The Bertz CT molecular complexity index is 247. The summed E-state index contributed by atoms with van der Waals surface area (Å²) >= 11 is 0. The van der Waals surface area contributed by atoms with Crippen LogP contribution < -0.4 is 5.32 Å². The zero-order valence-electron chi connectivity index (χ0n) is 12.4. The number of hydrogen-bond acceptors (Lipinski definition) is 3. The number of carbonyl (C=O) groups is 1. The smallest absolute Gasteiger partial charge is 0.332 e. The minimum Gasteiger partial charge on any atom is -0.460 e. The lowest BCUT2D eigenvalue weighted by Gasteiger charge is -2.08. The van der Waals surface area contributed by atoms with Crippen LogP contribution in [0.2, 0.25) is 0 Å². The SMILES string of the molecule is CCCCCCCCN/C(C)=C\C(=O)OC(C)C. The van der Waals surface area contributed by atoms with E-state index in [1.54, 1.807) is 0 Å². The summed E-state index contributed by atoms with van der Waals surface area (Å²) in [5, 5.41) is 3.24. The van der Waals surface area contributed by atoms with Crippen LogP contribution in [0.25, 0.3) is 0 Å². The quantitative estimate of drug-likeness (QED) is 0.367. The number of rotatable bonds is 10. The van der Waals surface area contributed by atoms with Crippen molar-refractivity contribution >= 4 is 5.97 Å². The van der Waals surface area contributed by atoms with Gasteiger partial charge in [-0.3, -0.25) is 0 Å². The highest BCUT2D eigenvalue weighted by Crippen LogP contribution is 2.04. The van der Waals surface area contributed by atoms with Gasteiger partial charge in [-0.15, -0.1) is 0 Å². The van der Waals surface area contributed by atoms with Gasteiger partial charge in [0.15, 0.2) is 0 Å². The van der Waals surface area contributed by atoms with Crippen molar-refractivity contribution in [3.63, 3.8) is 0 Å². The maximum Gasteiger partial charge on any atom is 0.332 e. The molecule has 3 nitrogen and oxygen atoms in total. The van der Waals surface area contributed by atoms with Crippen molar-refractivity contribution in [1.29, 1.82) is 0 Å². The molecule has 0 aliphatic carbocycles. The molecule has 0 aromatic heterocycles. The van der Waals surface area contributed by atoms with Gasteiger partial charge in [0.1, 0.15) is 0 Å². The minimum absolute atomic E-state index is 0.0554. The summed E-state index contributed by atoms with van der Waals surface area (Å²) in [5.74, 6) is -0.266. The third-order valence-electron chi connectivity index (χ3n) is 2.62. The first-order chi connectivity index (χ1) is 8.56. The van der Waals surface area contributed by atoms with Crippen molar-refractivity contribution in [1.82, 2.24) is 5.32 Å². The Hall–Kier alpha value is -0.990. The van der Waals surface area contributed by atoms with Crippen molar-refractivity contribution in [2.45, 2.75) is 72.3 Å². The number of unbranched alkanes of at least 4 members (excludes halogenated alkanes) is 5. The number of hydrogen-bond donors (Lipinski definition) is 1. The summed E-state index contributed by atoms with van der Waals surface area (Å²) in [6, 6.07) is 0.